The van der Waals surface area contributed by atoms with Gasteiger partial charge < -0.3 is 24.3 Å². The highest BCUT2D eigenvalue weighted by atomic mass is 35.5. The molecule has 2 aromatic rings. The second-order valence-corrected chi connectivity index (χ2v) is 10.4. The molecule has 1 saturated heterocycles. The highest BCUT2D eigenvalue weighted by molar-refractivity contribution is 6.30. The number of benzene rings is 1. The van der Waals surface area contributed by atoms with E-state index in [9.17, 15) is 14.4 Å². The van der Waals surface area contributed by atoms with Crippen LogP contribution in [0, 0.1) is 5.92 Å². The van der Waals surface area contributed by atoms with Crippen LogP contribution >= 0.6 is 11.6 Å². The average Bonchev–Trinajstić information content (AvgIpc) is 3.51. The summed E-state index contributed by atoms with van der Waals surface area (Å²) in [5, 5.41) is 3.43. The predicted molar refractivity (Wildman–Crippen MR) is 137 cm³/mol. The standard InChI is InChI=1S/C27H34ClN3O5/c1-16(2)30(3)19-9-10-22(20(15-19)27(34)35-4)31-14-13-21(26(31)33)29-25(32)24-12-11-23(36-24)17-5-7-18(28)8-6-17/h5-8,11-12,16,19-22H,9-10,13-15H2,1-4H3,(H,29,32)/t19?,20?,21-,22?/m0/s1. The van der Waals surface area contributed by atoms with E-state index in [1.165, 1.54) is 7.11 Å². The molecule has 9 heteroatoms. The summed E-state index contributed by atoms with van der Waals surface area (Å²) >= 11 is 5.94. The number of nitrogens with zero attached hydrogens (tertiary/aromatic N) is 2. The lowest BCUT2D eigenvalue weighted by molar-refractivity contribution is -0.152. The molecular formula is C27H34ClN3O5. The van der Waals surface area contributed by atoms with Crippen LogP contribution in [0.15, 0.2) is 40.8 Å². The molecule has 2 aliphatic rings. The van der Waals surface area contributed by atoms with Crippen molar-refractivity contribution in [2.45, 2.75) is 63.7 Å². The number of furan rings is 1. The maximum Gasteiger partial charge on any atom is 0.310 e. The van der Waals surface area contributed by atoms with Crippen LogP contribution in [0.4, 0.5) is 0 Å². The third-order valence-electron chi connectivity index (χ3n) is 7.58. The predicted octanol–water partition coefficient (Wildman–Crippen LogP) is 3.98. The van der Waals surface area contributed by atoms with Gasteiger partial charge in [-0.15, -0.1) is 0 Å². The van der Waals surface area contributed by atoms with Crippen LogP contribution in [0.2, 0.25) is 5.02 Å². The number of methoxy groups -OCH3 is 1. The smallest absolute Gasteiger partial charge is 0.310 e. The third-order valence-corrected chi connectivity index (χ3v) is 7.84. The van der Waals surface area contributed by atoms with Crippen LogP contribution in [0.25, 0.3) is 11.3 Å². The molecule has 2 heterocycles. The fourth-order valence-electron chi connectivity index (χ4n) is 5.33. The molecule has 2 fully saturated rings. The van der Waals surface area contributed by atoms with Crippen LogP contribution in [0.1, 0.15) is 50.1 Å². The van der Waals surface area contributed by atoms with Crippen LogP contribution in [0.3, 0.4) is 0 Å². The monoisotopic (exact) mass is 515 g/mol. The van der Waals surface area contributed by atoms with Gasteiger partial charge in [-0.25, -0.2) is 0 Å². The molecule has 1 aromatic heterocycles. The number of rotatable bonds is 7. The molecular weight excluding hydrogens is 482 g/mol. The Hall–Kier alpha value is -2.84. The Morgan fingerprint density at radius 2 is 1.86 bits per heavy atom. The van der Waals surface area contributed by atoms with Gasteiger partial charge in [0.15, 0.2) is 5.76 Å². The van der Waals surface area contributed by atoms with E-state index >= 15 is 0 Å². The number of carbonyl (C=O) groups is 3. The number of likely N-dealkylation sites (tertiary alicyclic amines) is 1. The van der Waals surface area contributed by atoms with Gasteiger partial charge in [0.05, 0.1) is 13.0 Å². The van der Waals surface area contributed by atoms with Crippen molar-refractivity contribution in [1.82, 2.24) is 15.1 Å². The first-order valence-electron chi connectivity index (χ1n) is 12.5. The Labute approximate surface area is 216 Å². The van der Waals surface area contributed by atoms with E-state index in [1.807, 2.05) is 12.1 Å². The van der Waals surface area contributed by atoms with Gasteiger partial charge in [0, 0.05) is 35.3 Å². The van der Waals surface area contributed by atoms with Crippen molar-refractivity contribution in [1.29, 1.82) is 0 Å². The summed E-state index contributed by atoms with van der Waals surface area (Å²) in [5.41, 5.74) is 0.800. The van der Waals surface area contributed by atoms with E-state index in [0.717, 1.165) is 18.4 Å². The zero-order valence-corrected chi connectivity index (χ0v) is 22.0. The van der Waals surface area contributed by atoms with Gasteiger partial charge in [0.1, 0.15) is 11.8 Å². The first-order chi connectivity index (χ1) is 17.2. The first kappa shape index (κ1) is 26.2. The van der Waals surface area contributed by atoms with Crippen LogP contribution in [-0.2, 0) is 14.3 Å². The molecule has 194 valence electrons. The van der Waals surface area contributed by atoms with E-state index in [0.29, 0.717) is 36.2 Å². The summed E-state index contributed by atoms with van der Waals surface area (Å²) in [7, 11) is 3.47. The van der Waals surface area contributed by atoms with E-state index < -0.39 is 11.9 Å². The largest absolute Gasteiger partial charge is 0.469 e. The van der Waals surface area contributed by atoms with Crippen molar-refractivity contribution in [3.63, 3.8) is 0 Å². The fraction of sp³-hybridized carbons (Fsp3) is 0.519. The lowest BCUT2D eigenvalue weighted by Crippen LogP contribution is -2.53. The molecule has 1 N–H and O–H groups in total. The summed E-state index contributed by atoms with van der Waals surface area (Å²) in [4.78, 5) is 42.9. The zero-order chi connectivity index (χ0) is 26.0. The molecule has 1 saturated carbocycles. The number of ether oxygens (including phenoxy) is 1. The molecule has 8 nitrogen and oxygen atoms in total. The molecule has 36 heavy (non-hydrogen) atoms. The summed E-state index contributed by atoms with van der Waals surface area (Å²) in [6, 6.07) is 10.2. The van der Waals surface area contributed by atoms with Gasteiger partial charge in [-0.3, -0.25) is 14.4 Å². The minimum Gasteiger partial charge on any atom is -0.469 e. The summed E-state index contributed by atoms with van der Waals surface area (Å²) in [6.45, 7) is 4.75. The van der Waals surface area contributed by atoms with Gasteiger partial charge in [-0.05, 0) is 83.0 Å². The minimum atomic E-state index is -0.657. The Kier molecular flexibility index (Phi) is 8.05. The molecule has 4 atom stereocenters. The Morgan fingerprint density at radius 1 is 1.14 bits per heavy atom. The second kappa shape index (κ2) is 11.0. The molecule has 0 radical (unpaired) electrons. The van der Waals surface area contributed by atoms with E-state index in [2.05, 4.69) is 31.1 Å². The number of hydrogen-bond acceptors (Lipinski definition) is 6. The topological polar surface area (TPSA) is 92.1 Å². The van der Waals surface area contributed by atoms with Crippen molar-refractivity contribution >= 4 is 29.4 Å². The lowest BCUT2D eigenvalue weighted by Gasteiger charge is -2.43. The van der Waals surface area contributed by atoms with E-state index in [4.69, 9.17) is 20.8 Å². The number of carbonyl (C=O) groups excluding carboxylic acids is 3. The molecule has 3 unspecified atom stereocenters. The van der Waals surface area contributed by atoms with Crippen LogP contribution in [-0.4, -0.2) is 72.5 Å². The van der Waals surface area contributed by atoms with Crippen molar-refractivity contribution < 1.29 is 23.5 Å². The molecule has 4 rings (SSSR count). The maximum absolute atomic E-state index is 13.3. The highest BCUT2D eigenvalue weighted by Crippen LogP contribution is 2.35. The lowest BCUT2D eigenvalue weighted by atomic mass is 9.80. The fourth-order valence-corrected chi connectivity index (χ4v) is 5.45. The Balaban J connectivity index is 1.41. The van der Waals surface area contributed by atoms with Crippen LogP contribution < -0.4 is 5.32 Å². The van der Waals surface area contributed by atoms with E-state index in [1.54, 1.807) is 29.2 Å². The normalized spacial score (nSPS) is 24.4. The van der Waals surface area contributed by atoms with Crippen molar-refractivity contribution in [3.8, 4) is 11.3 Å². The minimum absolute atomic E-state index is 0.135. The average molecular weight is 516 g/mol. The number of halogens is 1. The Bertz CT molecular complexity index is 1100. The van der Waals surface area contributed by atoms with Gasteiger partial charge in [0.2, 0.25) is 5.91 Å². The number of esters is 1. The van der Waals surface area contributed by atoms with Crippen molar-refractivity contribution in [2.24, 2.45) is 5.92 Å². The molecule has 1 aliphatic carbocycles. The number of hydrogen-bond donors (Lipinski definition) is 1. The van der Waals surface area contributed by atoms with Crippen LogP contribution in [0.5, 0.6) is 0 Å². The van der Waals surface area contributed by atoms with Crippen molar-refractivity contribution in [3.05, 3.63) is 47.2 Å². The highest BCUT2D eigenvalue weighted by Gasteiger charge is 2.45. The van der Waals surface area contributed by atoms with E-state index in [-0.39, 0.29) is 35.6 Å². The van der Waals surface area contributed by atoms with Gasteiger partial charge in [0.25, 0.3) is 5.91 Å². The first-order valence-corrected chi connectivity index (χ1v) is 12.8. The molecule has 1 aliphatic heterocycles. The number of nitrogens with one attached hydrogen (secondary N) is 1. The SMILES string of the molecule is COC(=O)C1CC(N(C)C(C)C)CCC1N1CC[C@H](NC(=O)c2ccc(-c3ccc(Cl)cc3)o2)C1=O. The molecule has 2 amide bonds. The maximum atomic E-state index is 13.3. The summed E-state index contributed by atoms with van der Waals surface area (Å²) < 4.78 is 10.8. The second-order valence-electron chi connectivity index (χ2n) is 9.94. The van der Waals surface area contributed by atoms with Crippen molar-refractivity contribution in [2.75, 3.05) is 20.7 Å². The quantitative estimate of drug-likeness (QED) is 0.561. The van der Waals surface area contributed by atoms with Gasteiger partial charge in [-0.1, -0.05) is 11.6 Å². The van der Waals surface area contributed by atoms with Gasteiger partial charge >= 0.3 is 5.97 Å². The van der Waals surface area contributed by atoms with Gasteiger partial charge in [-0.2, -0.15) is 0 Å². The zero-order valence-electron chi connectivity index (χ0n) is 21.2. The molecule has 0 bridgehead atoms. The summed E-state index contributed by atoms with van der Waals surface area (Å²) in [6.07, 6.45) is 2.74. The number of amides is 2. The molecule has 1 aromatic carbocycles. The Morgan fingerprint density at radius 3 is 2.53 bits per heavy atom. The summed E-state index contributed by atoms with van der Waals surface area (Å²) in [5.74, 6) is -0.603. The third kappa shape index (κ3) is 5.44. The molecule has 0 spiro atoms.